The smallest absolute Gasteiger partial charge is 0.207 e. The molecule has 0 bridgehead atoms. The van der Waals surface area contributed by atoms with E-state index in [1.807, 2.05) is 6.07 Å². The van der Waals surface area contributed by atoms with Crippen LogP contribution in [0.2, 0.25) is 0 Å². The fraction of sp³-hybridized carbons (Fsp3) is 0.625. The van der Waals surface area contributed by atoms with E-state index in [-0.39, 0.29) is 6.04 Å². The lowest BCUT2D eigenvalue weighted by Crippen LogP contribution is -2.40. The number of hydrogen-bond donors (Lipinski definition) is 0. The summed E-state index contributed by atoms with van der Waals surface area (Å²) < 4.78 is 28.5. The van der Waals surface area contributed by atoms with Crippen molar-refractivity contribution in [3.63, 3.8) is 0 Å². The Balaban J connectivity index is 1.89. The first-order chi connectivity index (χ1) is 10.1. The van der Waals surface area contributed by atoms with Crippen molar-refractivity contribution in [2.45, 2.75) is 55.9 Å². The molecule has 1 atom stereocenters. The molecule has 1 aliphatic heterocycles. The van der Waals surface area contributed by atoms with Crippen LogP contribution < -0.4 is 0 Å². The Morgan fingerprint density at radius 3 is 2.43 bits per heavy atom. The van der Waals surface area contributed by atoms with Gasteiger partial charge in [-0.1, -0.05) is 31.4 Å². The van der Waals surface area contributed by atoms with E-state index in [2.05, 4.69) is 15.9 Å². The quantitative estimate of drug-likeness (QED) is 0.798. The summed E-state index contributed by atoms with van der Waals surface area (Å²) in [6, 6.07) is 7.37. The Hall–Kier alpha value is -0.390. The third-order valence-electron chi connectivity index (χ3n) is 4.87. The van der Waals surface area contributed by atoms with Crippen LogP contribution in [0, 0.1) is 5.92 Å². The van der Waals surface area contributed by atoms with Crippen molar-refractivity contribution in [2.24, 2.45) is 5.92 Å². The van der Waals surface area contributed by atoms with Crippen LogP contribution in [0.25, 0.3) is 0 Å². The highest BCUT2D eigenvalue weighted by Crippen LogP contribution is 2.38. The summed E-state index contributed by atoms with van der Waals surface area (Å²) in [7, 11) is -3.38. The predicted molar refractivity (Wildman–Crippen MR) is 87.6 cm³/mol. The van der Waals surface area contributed by atoms with Crippen molar-refractivity contribution in [2.75, 3.05) is 6.54 Å². The third-order valence-corrected chi connectivity index (χ3v) is 7.80. The maximum Gasteiger partial charge on any atom is 0.244 e. The van der Waals surface area contributed by atoms with Crippen molar-refractivity contribution >= 4 is 26.0 Å². The minimum atomic E-state index is -3.38. The molecule has 1 heterocycles. The van der Waals surface area contributed by atoms with Crippen LogP contribution >= 0.6 is 15.9 Å². The van der Waals surface area contributed by atoms with Crippen molar-refractivity contribution in [3.8, 4) is 0 Å². The largest absolute Gasteiger partial charge is 0.244 e. The highest BCUT2D eigenvalue weighted by atomic mass is 79.9. The molecule has 3 nitrogen and oxygen atoms in total. The number of hydrogen-bond acceptors (Lipinski definition) is 2. The summed E-state index contributed by atoms with van der Waals surface area (Å²) in [5.74, 6) is 0.554. The summed E-state index contributed by atoms with van der Waals surface area (Å²) in [6.07, 6.45) is 8.20. The van der Waals surface area contributed by atoms with Gasteiger partial charge in [0.15, 0.2) is 0 Å². The number of nitrogens with zero attached hydrogens (tertiary/aromatic N) is 1. The first-order valence-electron chi connectivity index (χ1n) is 7.87. The molecular weight excluding hydrogens is 350 g/mol. The van der Waals surface area contributed by atoms with E-state index < -0.39 is 10.0 Å². The van der Waals surface area contributed by atoms with Gasteiger partial charge in [0.1, 0.15) is 0 Å². The molecule has 2 fully saturated rings. The van der Waals surface area contributed by atoms with Gasteiger partial charge in [0.05, 0.1) is 4.90 Å². The number of rotatable bonds is 3. The Labute approximate surface area is 135 Å². The molecule has 1 saturated carbocycles. The highest BCUT2D eigenvalue weighted by Gasteiger charge is 2.40. The molecule has 1 aromatic rings. The Bertz CT molecular complexity index is 596. The van der Waals surface area contributed by atoms with Gasteiger partial charge < -0.3 is 0 Å². The average molecular weight is 372 g/mol. The first-order valence-corrected chi connectivity index (χ1v) is 10.1. The van der Waals surface area contributed by atoms with E-state index in [4.69, 9.17) is 0 Å². The van der Waals surface area contributed by atoms with E-state index in [1.54, 1.807) is 22.5 Å². The molecule has 2 aliphatic rings. The highest BCUT2D eigenvalue weighted by molar-refractivity contribution is 9.10. The molecule has 3 rings (SSSR count). The van der Waals surface area contributed by atoms with Gasteiger partial charge in [0.2, 0.25) is 10.0 Å². The summed E-state index contributed by atoms with van der Waals surface area (Å²) in [5.41, 5.74) is 0. The second-order valence-electron chi connectivity index (χ2n) is 6.15. The lowest BCUT2D eigenvalue weighted by atomic mass is 9.83. The van der Waals surface area contributed by atoms with Crippen molar-refractivity contribution < 1.29 is 8.42 Å². The second-order valence-corrected chi connectivity index (χ2v) is 8.87. The monoisotopic (exact) mass is 371 g/mol. The molecule has 0 aromatic heterocycles. The molecule has 21 heavy (non-hydrogen) atoms. The van der Waals surface area contributed by atoms with Crippen LogP contribution in [0.4, 0.5) is 0 Å². The molecule has 116 valence electrons. The van der Waals surface area contributed by atoms with E-state index in [9.17, 15) is 8.42 Å². The predicted octanol–water partition coefficient (Wildman–Crippen LogP) is 4.18. The molecule has 1 saturated heterocycles. The van der Waals surface area contributed by atoms with E-state index in [0.29, 0.717) is 21.8 Å². The number of sulfonamides is 1. The average Bonchev–Trinajstić information content (AvgIpc) is 2.99. The maximum atomic E-state index is 13.0. The van der Waals surface area contributed by atoms with E-state index in [1.165, 1.54) is 32.1 Å². The van der Waals surface area contributed by atoms with Crippen molar-refractivity contribution in [1.29, 1.82) is 0 Å². The summed E-state index contributed by atoms with van der Waals surface area (Å²) in [5, 5.41) is 0. The molecule has 1 unspecified atom stereocenters. The van der Waals surface area contributed by atoms with Gasteiger partial charge in [-0.2, -0.15) is 4.31 Å². The van der Waals surface area contributed by atoms with Crippen molar-refractivity contribution in [3.05, 3.63) is 28.7 Å². The van der Waals surface area contributed by atoms with Gasteiger partial charge in [-0.15, -0.1) is 0 Å². The van der Waals surface area contributed by atoms with Gasteiger partial charge in [-0.05, 0) is 59.7 Å². The van der Waals surface area contributed by atoms with Crippen LogP contribution in [-0.4, -0.2) is 25.3 Å². The molecule has 5 heteroatoms. The number of halogens is 1. The zero-order chi connectivity index (χ0) is 14.9. The molecule has 1 aliphatic carbocycles. The zero-order valence-corrected chi connectivity index (χ0v) is 14.6. The molecule has 0 spiro atoms. The molecule has 0 radical (unpaired) electrons. The Morgan fingerprint density at radius 1 is 1.00 bits per heavy atom. The Morgan fingerprint density at radius 2 is 1.71 bits per heavy atom. The molecule has 0 amide bonds. The standard InChI is InChI=1S/C16H22BrNO2S/c17-14-9-4-5-11-16(14)21(19,20)18-12-6-10-15(18)13-7-2-1-3-8-13/h4-5,9,11,13,15H,1-3,6-8,10,12H2. The van der Waals surface area contributed by atoms with E-state index >= 15 is 0 Å². The van der Waals surface area contributed by atoms with Crippen LogP contribution in [0.15, 0.2) is 33.6 Å². The molecule has 1 aromatic carbocycles. The summed E-state index contributed by atoms with van der Waals surface area (Å²) >= 11 is 3.39. The minimum Gasteiger partial charge on any atom is -0.207 e. The zero-order valence-electron chi connectivity index (χ0n) is 12.2. The van der Waals surface area contributed by atoms with Gasteiger partial charge in [0.25, 0.3) is 0 Å². The van der Waals surface area contributed by atoms with Gasteiger partial charge in [-0.25, -0.2) is 8.42 Å². The van der Waals surface area contributed by atoms with Crippen LogP contribution in [-0.2, 0) is 10.0 Å². The third kappa shape index (κ3) is 3.06. The summed E-state index contributed by atoms with van der Waals surface area (Å²) in [4.78, 5) is 0.410. The second kappa shape index (κ2) is 6.39. The van der Waals surface area contributed by atoms with Gasteiger partial charge >= 0.3 is 0 Å². The van der Waals surface area contributed by atoms with Crippen LogP contribution in [0.5, 0.6) is 0 Å². The lowest BCUT2D eigenvalue weighted by Gasteiger charge is -2.33. The number of benzene rings is 1. The van der Waals surface area contributed by atoms with Crippen molar-refractivity contribution in [1.82, 2.24) is 4.31 Å². The fourth-order valence-electron chi connectivity index (χ4n) is 3.83. The molecule has 0 N–H and O–H groups in total. The summed E-state index contributed by atoms with van der Waals surface area (Å²) in [6.45, 7) is 0.671. The lowest BCUT2D eigenvalue weighted by molar-refractivity contribution is 0.226. The maximum absolute atomic E-state index is 13.0. The van der Waals surface area contributed by atoms with Crippen LogP contribution in [0.1, 0.15) is 44.9 Å². The van der Waals surface area contributed by atoms with Crippen LogP contribution in [0.3, 0.4) is 0 Å². The molecular formula is C16H22BrNO2S. The Kier molecular flexibility index (Phi) is 4.71. The van der Waals surface area contributed by atoms with Gasteiger partial charge in [-0.3, -0.25) is 0 Å². The fourth-order valence-corrected chi connectivity index (χ4v) is 6.55. The normalized spacial score (nSPS) is 25.3. The minimum absolute atomic E-state index is 0.211. The van der Waals surface area contributed by atoms with Gasteiger partial charge in [0, 0.05) is 17.1 Å². The SMILES string of the molecule is O=S(=O)(c1ccccc1Br)N1CCCC1C1CCCCC1. The first kappa shape index (κ1) is 15.5. The topological polar surface area (TPSA) is 37.4 Å². The van der Waals surface area contributed by atoms with E-state index in [0.717, 1.165) is 12.8 Å².